The summed E-state index contributed by atoms with van der Waals surface area (Å²) in [6.07, 6.45) is 0.321. The Labute approximate surface area is 140 Å². The normalized spacial score (nSPS) is 19.6. The molecule has 0 saturated carbocycles. The lowest BCUT2D eigenvalue weighted by Crippen LogP contribution is -2.35. The summed E-state index contributed by atoms with van der Waals surface area (Å²) in [5.41, 5.74) is 1.04. The fourth-order valence-electron chi connectivity index (χ4n) is 2.80. The van der Waals surface area contributed by atoms with Crippen LogP contribution in [0.15, 0.2) is 28.7 Å². The zero-order valence-corrected chi connectivity index (χ0v) is 14.9. The molecule has 2 amide bonds. The largest absolute Gasteiger partial charge is 0.349 e. The summed E-state index contributed by atoms with van der Waals surface area (Å²) < 4.78 is 0.978. The first-order valence-electron chi connectivity index (χ1n) is 7.71. The van der Waals surface area contributed by atoms with Gasteiger partial charge in [0, 0.05) is 24.0 Å². The molecule has 1 aliphatic rings. The molecular formula is C17H23BrN2O2. The number of likely N-dealkylation sites (tertiary alicyclic amines) is 1. The Kier molecular flexibility index (Phi) is 5.62. The van der Waals surface area contributed by atoms with E-state index in [0.29, 0.717) is 18.9 Å². The van der Waals surface area contributed by atoms with Crippen LogP contribution in [0.5, 0.6) is 0 Å². The fraction of sp³-hybridized carbons (Fsp3) is 0.529. The first kappa shape index (κ1) is 17.0. The Morgan fingerprint density at radius 1 is 1.36 bits per heavy atom. The van der Waals surface area contributed by atoms with Gasteiger partial charge in [-0.15, -0.1) is 0 Å². The molecule has 2 rings (SSSR count). The Morgan fingerprint density at radius 3 is 2.68 bits per heavy atom. The van der Waals surface area contributed by atoms with Crippen molar-refractivity contribution in [3.05, 3.63) is 34.3 Å². The van der Waals surface area contributed by atoms with Crippen LogP contribution in [-0.4, -0.2) is 29.8 Å². The van der Waals surface area contributed by atoms with Gasteiger partial charge in [0.15, 0.2) is 0 Å². The minimum Gasteiger partial charge on any atom is -0.349 e. The van der Waals surface area contributed by atoms with Crippen molar-refractivity contribution < 1.29 is 9.59 Å². The number of benzene rings is 1. The highest BCUT2D eigenvalue weighted by Crippen LogP contribution is 2.24. The van der Waals surface area contributed by atoms with E-state index < -0.39 is 0 Å². The van der Waals surface area contributed by atoms with Crippen LogP contribution in [0.2, 0.25) is 0 Å². The first-order chi connectivity index (χ1) is 10.4. The number of nitrogens with one attached hydrogen (secondary N) is 1. The second-order valence-corrected chi connectivity index (χ2v) is 7.20. The van der Waals surface area contributed by atoms with E-state index in [1.165, 1.54) is 0 Å². The third-order valence-electron chi connectivity index (χ3n) is 3.90. The molecule has 4 nitrogen and oxygen atoms in total. The second kappa shape index (κ2) is 7.27. The zero-order chi connectivity index (χ0) is 16.3. The summed E-state index contributed by atoms with van der Waals surface area (Å²) in [6, 6.07) is 7.76. The van der Waals surface area contributed by atoms with Gasteiger partial charge in [0.05, 0.1) is 12.0 Å². The molecule has 0 aliphatic carbocycles. The van der Waals surface area contributed by atoms with Crippen molar-refractivity contribution in [3.8, 4) is 0 Å². The summed E-state index contributed by atoms with van der Waals surface area (Å²) >= 11 is 3.50. The molecule has 1 saturated heterocycles. The van der Waals surface area contributed by atoms with Crippen molar-refractivity contribution in [1.29, 1.82) is 0 Å². The Balaban J connectivity index is 1.96. The van der Waals surface area contributed by atoms with Crippen LogP contribution < -0.4 is 5.32 Å². The summed E-state index contributed by atoms with van der Waals surface area (Å²) in [5, 5.41) is 3.03. The van der Waals surface area contributed by atoms with E-state index in [9.17, 15) is 9.59 Å². The summed E-state index contributed by atoms with van der Waals surface area (Å²) in [5.74, 6) is 0.228. The molecule has 22 heavy (non-hydrogen) atoms. The Hall–Kier alpha value is -1.36. The molecule has 5 heteroatoms. The number of rotatable bonds is 5. The first-order valence-corrected chi connectivity index (χ1v) is 8.50. The second-order valence-electron chi connectivity index (χ2n) is 6.35. The molecule has 1 fully saturated rings. The van der Waals surface area contributed by atoms with Crippen molar-refractivity contribution >= 4 is 27.7 Å². The van der Waals surface area contributed by atoms with Crippen LogP contribution >= 0.6 is 15.9 Å². The predicted octanol–water partition coefficient (Wildman–Crippen LogP) is 3.13. The van der Waals surface area contributed by atoms with Gasteiger partial charge in [0.2, 0.25) is 11.8 Å². The van der Waals surface area contributed by atoms with Crippen molar-refractivity contribution in [1.82, 2.24) is 10.2 Å². The van der Waals surface area contributed by atoms with Gasteiger partial charge >= 0.3 is 0 Å². The average molecular weight is 367 g/mol. The smallest absolute Gasteiger partial charge is 0.225 e. The summed E-state index contributed by atoms with van der Waals surface area (Å²) in [6.45, 7) is 7.37. The molecule has 0 unspecified atom stereocenters. The number of nitrogens with zero attached hydrogens (tertiary/aromatic N) is 1. The van der Waals surface area contributed by atoms with Crippen molar-refractivity contribution in [2.45, 2.75) is 33.2 Å². The van der Waals surface area contributed by atoms with Gasteiger partial charge < -0.3 is 10.2 Å². The molecule has 1 aromatic rings. The molecule has 0 aromatic heterocycles. The molecule has 0 bridgehead atoms. The van der Waals surface area contributed by atoms with Crippen molar-refractivity contribution in [2.24, 2.45) is 11.8 Å². The van der Waals surface area contributed by atoms with Crippen LogP contribution in [0.25, 0.3) is 0 Å². The van der Waals surface area contributed by atoms with E-state index in [-0.39, 0.29) is 23.8 Å². The number of carbonyl (C=O) groups excluding carboxylic acids is 2. The summed E-state index contributed by atoms with van der Waals surface area (Å²) in [7, 11) is 0. The quantitative estimate of drug-likeness (QED) is 0.869. The van der Waals surface area contributed by atoms with Crippen LogP contribution in [-0.2, 0) is 9.59 Å². The lowest BCUT2D eigenvalue weighted by molar-refractivity contribution is -0.129. The molecule has 1 heterocycles. The monoisotopic (exact) mass is 366 g/mol. The highest BCUT2D eigenvalue weighted by Gasteiger charge is 2.34. The highest BCUT2D eigenvalue weighted by atomic mass is 79.9. The molecule has 2 atom stereocenters. The van der Waals surface area contributed by atoms with Crippen LogP contribution in [0.3, 0.4) is 0 Å². The Morgan fingerprint density at radius 2 is 2.05 bits per heavy atom. The van der Waals surface area contributed by atoms with Crippen LogP contribution in [0.4, 0.5) is 0 Å². The predicted molar refractivity (Wildman–Crippen MR) is 90.2 cm³/mol. The third-order valence-corrected chi connectivity index (χ3v) is 4.62. The number of carbonyl (C=O) groups is 2. The molecule has 1 aromatic carbocycles. The standard InChI is InChI=1S/C17H23BrN2O2/c1-11(2)9-20-10-13(8-16(20)21)17(22)19-12(3)14-6-4-5-7-15(14)18/h4-7,11-13H,8-10H2,1-3H3,(H,19,22)/t12-,13+/m0/s1. The van der Waals surface area contributed by atoms with E-state index in [1.54, 1.807) is 4.90 Å². The number of hydrogen-bond acceptors (Lipinski definition) is 2. The van der Waals surface area contributed by atoms with E-state index in [0.717, 1.165) is 16.6 Å². The molecule has 1 aliphatic heterocycles. The maximum absolute atomic E-state index is 12.4. The van der Waals surface area contributed by atoms with Gasteiger partial charge in [-0.2, -0.15) is 0 Å². The molecular weight excluding hydrogens is 344 g/mol. The SMILES string of the molecule is CC(C)CN1C[C@H](C(=O)N[C@@H](C)c2ccccc2Br)CC1=O. The number of halogens is 1. The average Bonchev–Trinajstić information content (AvgIpc) is 2.80. The minimum atomic E-state index is -0.240. The summed E-state index contributed by atoms with van der Waals surface area (Å²) in [4.78, 5) is 26.2. The highest BCUT2D eigenvalue weighted by molar-refractivity contribution is 9.10. The van der Waals surface area contributed by atoms with Gasteiger partial charge in [0.1, 0.15) is 0 Å². The zero-order valence-electron chi connectivity index (χ0n) is 13.3. The minimum absolute atomic E-state index is 0.0390. The van der Waals surface area contributed by atoms with Gasteiger partial charge in [-0.1, -0.05) is 48.0 Å². The van der Waals surface area contributed by atoms with Crippen LogP contribution in [0.1, 0.15) is 38.8 Å². The van der Waals surface area contributed by atoms with Crippen molar-refractivity contribution in [2.75, 3.05) is 13.1 Å². The Bertz CT molecular complexity index is 559. The van der Waals surface area contributed by atoms with Gasteiger partial charge in [-0.3, -0.25) is 9.59 Å². The molecule has 1 N–H and O–H groups in total. The van der Waals surface area contributed by atoms with E-state index >= 15 is 0 Å². The number of amides is 2. The lowest BCUT2D eigenvalue weighted by atomic mass is 10.1. The van der Waals surface area contributed by atoms with Gasteiger partial charge in [-0.05, 0) is 24.5 Å². The van der Waals surface area contributed by atoms with E-state index in [1.807, 2.05) is 31.2 Å². The number of hydrogen-bond donors (Lipinski definition) is 1. The fourth-order valence-corrected chi connectivity index (χ4v) is 3.43. The molecule has 0 spiro atoms. The van der Waals surface area contributed by atoms with E-state index in [2.05, 4.69) is 35.1 Å². The topological polar surface area (TPSA) is 49.4 Å². The molecule has 120 valence electrons. The van der Waals surface area contributed by atoms with E-state index in [4.69, 9.17) is 0 Å². The third kappa shape index (κ3) is 4.09. The maximum atomic E-state index is 12.4. The molecule has 0 radical (unpaired) electrons. The lowest BCUT2D eigenvalue weighted by Gasteiger charge is -2.20. The maximum Gasteiger partial charge on any atom is 0.225 e. The van der Waals surface area contributed by atoms with Crippen LogP contribution in [0, 0.1) is 11.8 Å². The van der Waals surface area contributed by atoms with Crippen molar-refractivity contribution in [3.63, 3.8) is 0 Å². The van der Waals surface area contributed by atoms with Gasteiger partial charge in [0.25, 0.3) is 0 Å². The van der Waals surface area contributed by atoms with Gasteiger partial charge in [-0.25, -0.2) is 0 Å².